The zero-order chi connectivity index (χ0) is 14.0. The van der Waals surface area contributed by atoms with E-state index in [-0.39, 0.29) is 24.7 Å². The zero-order valence-electron chi connectivity index (χ0n) is 10.6. The number of likely N-dealkylation sites (N-methyl/N-ethyl adjacent to an activating group) is 1. The highest BCUT2D eigenvalue weighted by atomic mass is 16.6. The number of carbonyl (C=O) groups excluding carboxylic acids is 1. The number of hydrogen-bond donors (Lipinski definition) is 1. The Morgan fingerprint density at radius 2 is 2.16 bits per heavy atom. The molecule has 1 heterocycles. The summed E-state index contributed by atoms with van der Waals surface area (Å²) in [5, 5.41) is 20.1. The van der Waals surface area contributed by atoms with Crippen molar-refractivity contribution in [1.82, 2.24) is 4.90 Å². The van der Waals surface area contributed by atoms with Gasteiger partial charge >= 0.3 is 0 Å². The highest BCUT2D eigenvalue weighted by Crippen LogP contribution is 2.30. The summed E-state index contributed by atoms with van der Waals surface area (Å²) in [4.78, 5) is 25.5. The van der Waals surface area contributed by atoms with Crippen molar-refractivity contribution in [2.45, 2.75) is 6.61 Å². The molecule has 102 valence electrons. The van der Waals surface area contributed by atoms with E-state index in [1.807, 2.05) is 0 Å². The van der Waals surface area contributed by atoms with E-state index >= 15 is 0 Å². The maximum atomic E-state index is 11.7. The van der Waals surface area contributed by atoms with Crippen LogP contribution < -0.4 is 4.90 Å². The largest absolute Gasteiger partial charge is 0.392 e. The topological polar surface area (TPSA) is 86.9 Å². The molecule has 1 saturated heterocycles. The predicted molar refractivity (Wildman–Crippen MR) is 68.9 cm³/mol. The van der Waals surface area contributed by atoms with Crippen LogP contribution in [0.2, 0.25) is 0 Å². The van der Waals surface area contributed by atoms with E-state index in [0.29, 0.717) is 24.3 Å². The van der Waals surface area contributed by atoms with Crippen LogP contribution in [0.5, 0.6) is 0 Å². The lowest BCUT2D eigenvalue weighted by Gasteiger charge is -2.33. The van der Waals surface area contributed by atoms with Crippen molar-refractivity contribution in [2.24, 2.45) is 0 Å². The van der Waals surface area contributed by atoms with E-state index < -0.39 is 4.92 Å². The van der Waals surface area contributed by atoms with E-state index in [9.17, 15) is 14.9 Å². The monoisotopic (exact) mass is 265 g/mol. The fraction of sp³-hybridized carbons (Fsp3) is 0.417. The lowest BCUT2D eigenvalue weighted by atomic mass is 10.1. The van der Waals surface area contributed by atoms with Gasteiger partial charge in [-0.25, -0.2) is 0 Å². The summed E-state index contributed by atoms with van der Waals surface area (Å²) < 4.78 is 0. The molecule has 7 heteroatoms. The molecule has 1 N–H and O–H groups in total. The fourth-order valence-electron chi connectivity index (χ4n) is 2.05. The first kappa shape index (κ1) is 13.3. The minimum absolute atomic E-state index is 0.0632. The summed E-state index contributed by atoms with van der Waals surface area (Å²) >= 11 is 0. The van der Waals surface area contributed by atoms with Crippen molar-refractivity contribution in [1.29, 1.82) is 0 Å². The number of nitrogens with zero attached hydrogens (tertiary/aromatic N) is 3. The van der Waals surface area contributed by atoms with Crippen LogP contribution in [0.25, 0.3) is 0 Å². The maximum absolute atomic E-state index is 11.7. The van der Waals surface area contributed by atoms with Crippen LogP contribution in [0.15, 0.2) is 18.2 Å². The quantitative estimate of drug-likeness (QED) is 0.630. The van der Waals surface area contributed by atoms with E-state index in [1.165, 1.54) is 6.07 Å². The lowest BCUT2D eigenvalue weighted by Crippen LogP contribution is -2.48. The Hall–Kier alpha value is -2.15. The van der Waals surface area contributed by atoms with Crippen LogP contribution in [0.1, 0.15) is 5.56 Å². The van der Waals surface area contributed by atoms with Gasteiger partial charge in [0.05, 0.1) is 18.1 Å². The van der Waals surface area contributed by atoms with Crippen molar-refractivity contribution in [3.05, 3.63) is 33.9 Å². The van der Waals surface area contributed by atoms with Gasteiger partial charge in [0.2, 0.25) is 5.91 Å². The molecule has 0 aliphatic carbocycles. The Morgan fingerprint density at radius 1 is 1.42 bits per heavy atom. The van der Waals surface area contributed by atoms with Crippen molar-refractivity contribution in [2.75, 3.05) is 31.6 Å². The minimum atomic E-state index is -0.489. The maximum Gasteiger partial charge on any atom is 0.292 e. The molecule has 1 aliphatic heterocycles. The molecule has 0 bridgehead atoms. The summed E-state index contributed by atoms with van der Waals surface area (Å²) in [5.41, 5.74) is 0.823. The number of nitro groups is 1. The standard InChI is InChI=1S/C12H15N3O4/c1-13-4-5-14(7-12(13)17)10-3-2-9(8-16)6-11(10)15(18)19/h2-3,6,16H,4-5,7-8H2,1H3. The Labute approximate surface area is 110 Å². The third-order valence-corrected chi connectivity index (χ3v) is 3.22. The van der Waals surface area contributed by atoms with Crippen molar-refractivity contribution < 1.29 is 14.8 Å². The Balaban J connectivity index is 2.34. The molecular weight excluding hydrogens is 250 g/mol. The van der Waals surface area contributed by atoms with E-state index in [0.717, 1.165) is 0 Å². The Kier molecular flexibility index (Phi) is 3.66. The molecule has 7 nitrogen and oxygen atoms in total. The summed E-state index contributed by atoms with van der Waals surface area (Å²) in [7, 11) is 1.71. The molecular formula is C12H15N3O4. The highest BCUT2D eigenvalue weighted by Gasteiger charge is 2.26. The number of aliphatic hydroxyl groups is 1. The molecule has 1 aromatic carbocycles. The number of piperazine rings is 1. The number of carbonyl (C=O) groups is 1. The van der Waals surface area contributed by atoms with Crippen LogP contribution in [0, 0.1) is 10.1 Å². The van der Waals surface area contributed by atoms with Crippen LogP contribution >= 0.6 is 0 Å². The molecule has 0 saturated carbocycles. The average molecular weight is 265 g/mol. The number of benzene rings is 1. The Bertz CT molecular complexity index is 518. The van der Waals surface area contributed by atoms with Crippen LogP contribution in [-0.2, 0) is 11.4 Å². The summed E-state index contributed by atoms with van der Waals surface area (Å²) in [6.07, 6.45) is 0. The van der Waals surface area contributed by atoms with E-state index in [1.54, 1.807) is 29.0 Å². The van der Waals surface area contributed by atoms with E-state index in [2.05, 4.69) is 0 Å². The number of amides is 1. The number of anilines is 1. The molecule has 19 heavy (non-hydrogen) atoms. The number of nitro benzene ring substituents is 1. The first-order valence-electron chi connectivity index (χ1n) is 5.90. The van der Waals surface area contributed by atoms with Gasteiger partial charge in [0.25, 0.3) is 5.69 Å². The molecule has 0 aromatic heterocycles. The molecule has 0 radical (unpaired) electrons. The molecule has 1 fully saturated rings. The number of aliphatic hydroxyl groups excluding tert-OH is 1. The minimum Gasteiger partial charge on any atom is -0.392 e. The van der Waals surface area contributed by atoms with E-state index in [4.69, 9.17) is 5.11 Å². The average Bonchev–Trinajstić information content (AvgIpc) is 2.41. The van der Waals surface area contributed by atoms with Crippen molar-refractivity contribution in [3.63, 3.8) is 0 Å². The first-order valence-corrected chi connectivity index (χ1v) is 5.90. The summed E-state index contributed by atoms with van der Waals surface area (Å²) in [5.74, 6) is -0.0632. The highest BCUT2D eigenvalue weighted by molar-refractivity contribution is 5.83. The van der Waals surface area contributed by atoms with Gasteiger partial charge in [0.15, 0.2) is 0 Å². The molecule has 1 aromatic rings. The van der Waals surface area contributed by atoms with Gasteiger partial charge in [-0.05, 0) is 11.6 Å². The molecule has 0 unspecified atom stereocenters. The Morgan fingerprint density at radius 3 is 2.74 bits per heavy atom. The van der Waals surface area contributed by atoms with Gasteiger partial charge in [-0.2, -0.15) is 0 Å². The summed E-state index contributed by atoms with van der Waals surface area (Å²) in [6.45, 7) is 0.984. The second-order valence-electron chi connectivity index (χ2n) is 4.48. The van der Waals surface area contributed by atoms with Crippen LogP contribution in [0.4, 0.5) is 11.4 Å². The number of hydrogen-bond acceptors (Lipinski definition) is 5. The fourth-order valence-corrected chi connectivity index (χ4v) is 2.05. The second kappa shape index (κ2) is 5.23. The van der Waals surface area contributed by atoms with Gasteiger partial charge in [-0.3, -0.25) is 14.9 Å². The predicted octanol–water partition coefficient (Wildman–Crippen LogP) is 0.365. The molecule has 1 aliphatic rings. The third-order valence-electron chi connectivity index (χ3n) is 3.22. The van der Waals surface area contributed by atoms with Gasteiger partial charge in [-0.1, -0.05) is 6.07 Å². The smallest absolute Gasteiger partial charge is 0.292 e. The molecule has 1 amide bonds. The van der Waals surface area contributed by atoms with Crippen LogP contribution in [-0.4, -0.2) is 47.5 Å². The normalized spacial score (nSPS) is 15.8. The van der Waals surface area contributed by atoms with Crippen molar-refractivity contribution >= 4 is 17.3 Å². The van der Waals surface area contributed by atoms with Gasteiger partial charge in [0.1, 0.15) is 5.69 Å². The first-order chi connectivity index (χ1) is 9.02. The number of rotatable bonds is 3. The lowest BCUT2D eigenvalue weighted by molar-refractivity contribution is -0.384. The summed E-state index contributed by atoms with van der Waals surface area (Å²) in [6, 6.07) is 4.56. The van der Waals surface area contributed by atoms with Crippen LogP contribution in [0.3, 0.4) is 0 Å². The second-order valence-corrected chi connectivity index (χ2v) is 4.48. The van der Waals surface area contributed by atoms with Crippen molar-refractivity contribution in [3.8, 4) is 0 Å². The SMILES string of the molecule is CN1CCN(c2ccc(CO)cc2[N+](=O)[O-])CC1=O. The molecule has 0 atom stereocenters. The zero-order valence-corrected chi connectivity index (χ0v) is 10.6. The molecule has 0 spiro atoms. The van der Waals surface area contributed by atoms with Gasteiger partial charge in [0, 0.05) is 26.2 Å². The third kappa shape index (κ3) is 2.65. The van der Waals surface area contributed by atoms with Gasteiger partial charge in [-0.15, -0.1) is 0 Å². The van der Waals surface area contributed by atoms with Gasteiger partial charge < -0.3 is 14.9 Å². The molecule has 2 rings (SSSR count).